The highest BCUT2D eigenvalue weighted by Gasteiger charge is 2.11. The Hall–Kier alpha value is -1.23. The minimum Gasteiger partial charge on any atom is -0.385 e. The molecule has 0 saturated heterocycles. The summed E-state index contributed by atoms with van der Waals surface area (Å²) < 4.78 is 6.56. The molecule has 0 bridgehead atoms. The molecule has 0 aliphatic rings. The fraction of sp³-hybridized carbons (Fsp3) is 0.700. The second kappa shape index (κ2) is 6.29. The third-order valence-electron chi connectivity index (χ3n) is 2.09. The highest BCUT2D eigenvalue weighted by atomic mass is 16.5. The van der Waals surface area contributed by atoms with Crippen molar-refractivity contribution in [3.05, 3.63) is 11.9 Å². The molecule has 84 valence electrons. The largest absolute Gasteiger partial charge is 0.385 e. The molecule has 15 heavy (non-hydrogen) atoms. The van der Waals surface area contributed by atoms with Gasteiger partial charge in [-0.3, -0.25) is 4.79 Å². The fourth-order valence-corrected chi connectivity index (χ4v) is 1.36. The van der Waals surface area contributed by atoms with Gasteiger partial charge < -0.3 is 4.74 Å². The first-order chi connectivity index (χ1) is 7.29. The topological polar surface area (TPSA) is 57.0 Å². The lowest BCUT2D eigenvalue weighted by molar-refractivity contribution is 0.0952. The Balaban J connectivity index is 2.53. The number of carbonyl (C=O) groups excluding carboxylic acids is 1. The molecule has 0 radical (unpaired) electrons. The van der Waals surface area contributed by atoms with Crippen molar-refractivity contribution in [1.82, 2.24) is 15.0 Å². The van der Waals surface area contributed by atoms with Crippen LogP contribution in [0.25, 0.3) is 0 Å². The summed E-state index contributed by atoms with van der Waals surface area (Å²) in [5.74, 6) is 0.0884. The van der Waals surface area contributed by atoms with E-state index in [0.717, 1.165) is 19.4 Å². The Morgan fingerprint density at radius 1 is 1.60 bits per heavy atom. The molecule has 0 atom stereocenters. The summed E-state index contributed by atoms with van der Waals surface area (Å²) in [6.07, 6.45) is 3.71. The monoisotopic (exact) mass is 211 g/mol. The van der Waals surface area contributed by atoms with E-state index in [0.29, 0.717) is 18.7 Å². The number of hydrogen-bond acceptors (Lipinski definition) is 4. The van der Waals surface area contributed by atoms with Crippen molar-refractivity contribution in [1.29, 1.82) is 0 Å². The molecule has 0 aromatic carbocycles. The van der Waals surface area contributed by atoms with E-state index < -0.39 is 0 Å². The Bertz CT molecular complexity index is 309. The molecular formula is C10H17N3O2. The van der Waals surface area contributed by atoms with Gasteiger partial charge in [0.1, 0.15) is 5.69 Å². The minimum atomic E-state index is 0.0884. The van der Waals surface area contributed by atoms with Crippen LogP contribution in [0.1, 0.15) is 36.7 Å². The lowest BCUT2D eigenvalue weighted by Crippen LogP contribution is -2.11. The maximum Gasteiger partial charge on any atom is 0.182 e. The summed E-state index contributed by atoms with van der Waals surface area (Å²) in [5, 5.41) is 7.62. The standard InChI is InChI=1S/C10H17N3O2/c1-3-6-13-9(8-11-12-13)10(14)5-4-7-15-2/h8H,3-7H2,1-2H3. The highest BCUT2D eigenvalue weighted by Crippen LogP contribution is 2.04. The maximum absolute atomic E-state index is 11.7. The molecule has 0 fully saturated rings. The second-order valence-corrected chi connectivity index (χ2v) is 3.36. The van der Waals surface area contributed by atoms with Crippen LogP contribution in [-0.2, 0) is 11.3 Å². The van der Waals surface area contributed by atoms with Gasteiger partial charge in [0.2, 0.25) is 0 Å². The number of carbonyl (C=O) groups is 1. The van der Waals surface area contributed by atoms with Crippen LogP contribution >= 0.6 is 0 Å². The average molecular weight is 211 g/mol. The molecule has 0 aliphatic heterocycles. The van der Waals surface area contributed by atoms with Crippen molar-refractivity contribution in [2.24, 2.45) is 0 Å². The summed E-state index contributed by atoms with van der Waals surface area (Å²) in [4.78, 5) is 11.7. The van der Waals surface area contributed by atoms with E-state index in [1.807, 2.05) is 6.92 Å². The van der Waals surface area contributed by atoms with E-state index in [1.54, 1.807) is 11.8 Å². The zero-order valence-corrected chi connectivity index (χ0v) is 9.27. The first kappa shape index (κ1) is 11.8. The lowest BCUT2D eigenvalue weighted by atomic mass is 10.2. The molecule has 5 heteroatoms. The molecule has 1 heterocycles. The van der Waals surface area contributed by atoms with Crippen LogP contribution < -0.4 is 0 Å². The van der Waals surface area contributed by atoms with Crippen LogP contribution in [0.2, 0.25) is 0 Å². The molecular weight excluding hydrogens is 194 g/mol. The molecule has 5 nitrogen and oxygen atoms in total. The van der Waals surface area contributed by atoms with Gasteiger partial charge in [0.05, 0.1) is 6.20 Å². The summed E-state index contributed by atoms with van der Waals surface area (Å²) in [6.45, 7) is 3.40. The van der Waals surface area contributed by atoms with Gasteiger partial charge >= 0.3 is 0 Å². The van der Waals surface area contributed by atoms with Gasteiger partial charge in [-0.05, 0) is 12.8 Å². The SMILES string of the molecule is CCCn1nncc1C(=O)CCCOC. The third-order valence-corrected chi connectivity index (χ3v) is 2.09. The van der Waals surface area contributed by atoms with Gasteiger partial charge in [-0.25, -0.2) is 4.68 Å². The van der Waals surface area contributed by atoms with Gasteiger partial charge in [0, 0.05) is 26.7 Å². The molecule has 1 rings (SSSR count). The van der Waals surface area contributed by atoms with Crippen LogP contribution in [0.3, 0.4) is 0 Å². The van der Waals surface area contributed by atoms with Crippen LogP contribution in [0.15, 0.2) is 6.20 Å². The van der Waals surface area contributed by atoms with Crippen molar-refractivity contribution < 1.29 is 9.53 Å². The summed E-state index contributed by atoms with van der Waals surface area (Å²) >= 11 is 0. The number of ketones is 1. The molecule has 0 spiro atoms. The normalized spacial score (nSPS) is 10.5. The van der Waals surface area contributed by atoms with E-state index in [1.165, 1.54) is 6.20 Å². The highest BCUT2D eigenvalue weighted by molar-refractivity contribution is 5.94. The zero-order chi connectivity index (χ0) is 11.1. The number of aryl methyl sites for hydroxylation is 1. The van der Waals surface area contributed by atoms with E-state index in [9.17, 15) is 4.79 Å². The van der Waals surface area contributed by atoms with Crippen LogP contribution in [0, 0.1) is 0 Å². The Morgan fingerprint density at radius 2 is 2.40 bits per heavy atom. The van der Waals surface area contributed by atoms with Gasteiger partial charge in [-0.15, -0.1) is 5.10 Å². The van der Waals surface area contributed by atoms with Gasteiger partial charge in [-0.1, -0.05) is 12.1 Å². The number of Topliss-reactive ketones (excluding diaryl/α,β-unsaturated/α-hetero) is 1. The smallest absolute Gasteiger partial charge is 0.182 e. The predicted octanol–water partition coefficient (Wildman–Crippen LogP) is 1.30. The third kappa shape index (κ3) is 3.43. The molecule has 0 amide bonds. The van der Waals surface area contributed by atoms with Gasteiger partial charge in [0.15, 0.2) is 5.78 Å². The predicted molar refractivity (Wildman–Crippen MR) is 55.8 cm³/mol. The zero-order valence-electron chi connectivity index (χ0n) is 9.27. The van der Waals surface area contributed by atoms with Crippen molar-refractivity contribution in [2.75, 3.05) is 13.7 Å². The van der Waals surface area contributed by atoms with E-state index in [2.05, 4.69) is 10.3 Å². The molecule has 0 saturated carbocycles. The lowest BCUT2D eigenvalue weighted by Gasteiger charge is -2.03. The van der Waals surface area contributed by atoms with Crippen LogP contribution in [-0.4, -0.2) is 34.5 Å². The first-order valence-corrected chi connectivity index (χ1v) is 5.20. The number of rotatable bonds is 7. The van der Waals surface area contributed by atoms with Crippen LogP contribution in [0.4, 0.5) is 0 Å². The van der Waals surface area contributed by atoms with E-state index in [4.69, 9.17) is 4.74 Å². The molecule has 0 unspecified atom stereocenters. The number of nitrogens with zero attached hydrogens (tertiary/aromatic N) is 3. The maximum atomic E-state index is 11.7. The number of hydrogen-bond donors (Lipinski definition) is 0. The van der Waals surface area contributed by atoms with Crippen molar-refractivity contribution in [2.45, 2.75) is 32.7 Å². The Labute approximate surface area is 89.4 Å². The van der Waals surface area contributed by atoms with E-state index >= 15 is 0 Å². The Morgan fingerprint density at radius 3 is 3.07 bits per heavy atom. The Kier molecular flexibility index (Phi) is 4.97. The first-order valence-electron chi connectivity index (χ1n) is 5.20. The van der Waals surface area contributed by atoms with Crippen molar-refractivity contribution in [3.63, 3.8) is 0 Å². The minimum absolute atomic E-state index is 0.0884. The summed E-state index contributed by atoms with van der Waals surface area (Å²) in [5.41, 5.74) is 0.605. The second-order valence-electron chi connectivity index (χ2n) is 3.36. The number of aromatic nitrogens is 3. The molecule has 0 aliphatic carbocycles. The molecule has 1 aromatic heterocycles. The van der Waals surface area contributed by atoms with Crippen molar-refractivity contribution in [3.8, 4) is 0 Å². The van der Waals surface area contributed by atoms with Crippen LogP contribution in [0.5, 0.6) is 0 Å². The van der Waals surface area contributed by atoms with Gasteiger partial charge in [-0.2, -0.15) is 0 Å². The van der Waals surface area contributed by atoms with Gasteiger partial charge in [0.25, 0.3) is 0 Å². The summed E-state index contributed by atoms with van der Waals surface area (Å²) in [6, 6.07) is 0. The molecule has 0 N–H and O–H groups in total. The quantitative estimate of drug-likeness (QED) is 0.504. The number of ether oxygens (including phenoxy) is 1. The number of methoxy groups -OCH3 is 1. The fourth-order valence-electron chi connectivity index (χ4n) is 1.36. The van der Waals surface area contributed by atoms with E-state index in [-0.39, 0.29) is 5.78 Å². The average Bonchev–Trinajstić information content (AvgIpc) is 2.67. The molecule has 1 aromatic rings. The van der Waals surface area contributed by atoms with Crippen molar-refractivity contribution >= 4 is 5.78 Å². The summed E-state index contributed by atoms with van der Waals surface area (Å²) in [7, 11) is 1.63.